The lowest BCUT2D eigenvalue weighted by Gasteiger charge is -2.14. The summed E-state index contributed by atoms with van der Waals surface area (Å²) in [5.74, 6) is 0.683. The van der Waals surface area contributed by atoms with E-state index in [0.29, 0.717) is 11.9 Å². The minimum atomic E-state index is 0.296. The van der Waals surface area contributed by atoms with E-state index >= 15 is 0 Å². The van der Waals surface area contributed by atoms with Crippen LogP contribution in [0, 0.1) is 0 Å². The molecule has 2 aromatic rings. The summed E-state index contributed by atoms with van der Waals surface area (Å²) in [4.78, 5) is 5.49. The maximum Gasteiger partial charge on any atom is 0.217 e. The average molecular weight is 327 g/mol. The summed E-state index contributed by atoms with van der Waals surface area (Å²) in [6.45, 7) is 2.89. The molecule has 18 heavy (non-hydrogen) atoms. The van der Waals surface area contributed by atoms with E-state index in [-0.39, 0.29) is 0 Å². The van der Waals surface area contributed by atoms with E-state index in [2.05, 4.69) is 44.6 Å². The van der Waals surface area contributed by atoms with Crippen molar-refractivity contribution in [2.45, 2.75) is 19.5 Å². The van der Waals surface area contributed by atoms with Crippen molar-refractivity contribution in [1.82, 2.24) is 10.3 Å². The predicted molar refractivity (Wildman–Crippen MR) is 78.1 cm³/mol. The number of pyridine rings is 1. The van der Waals surface area contributed by atoms with Crippen LogP contribution in [0.1, 0.15) is 23.4 Å². The molecule has 5 heteroatoms. The van der Waals surface area contributed by atoms with Gasteiger partial charge in [0.05, 0.1) is 7.11 Å². The number of hydrogen-bond donors (Lipinski definition) is 1. The normalized spacial score (nSPS) is 12.4. The number of nitrogens with one attached hydrogen (secondary N) is 1. The number of ether oxygens (including phenoxy) is 1. The molecule has 0 fully saturated rings. The van der Waals surface area contributed by atoms with Crippen LogP contribution in [-0.2, 0) is 6.54 Å². The van der Waals surface area contributed by atoms with E-state index in [9.17, 15) is 0 Å². The van der Waals surface area contributed by atoms with E-state index in [4.69, 9.17) is 4.74 Å². The Hall–Kier alpha value is -0.910. The van der Waals surface area contributed by atoms with E-state index in [0.717, 1.165) is 16.6 Å². The molecule has 0 bridgehead atoms. The number of rotatable bonds is 5. The first-order valence-electron chi connectivity index (χ1n) is 5.66. The van der Waals surface area contributed by atoms with Crippen LogP contribution in [0.15, 0.2) is 34.2 Å². The molecule has 0 saturated heterocycles. The number of nitrogens with zero attached hydrogens (tertiary/aromatic N) is 1. The molecule has 96 valence electrons. The van der Waals surface area contributed by atoms with Gasteiger partial charge >= 0.3 is 0 Å². The Morgan fingerprint density at radius 2 is 2.33 bits per heavy atom. The summed E-state index contributed by atoms with van der Waals surface area (Å²) in [5, 5.41) is 5.56. The van der Waals surface area contributed by atoms with Crippen molar-refractivity contribution in [3.05, 3.63) is 44.7 Å². The van der Waals surface area contributed by atoms with Crippen molar-refractivity contribution in [1.29, 1.82) is 0 Å². The molecule has 0 saturated carbocycles. The highest BCUT2D eigenvalue weighted by atomic mass is 79.9. The fraction of sp³-hybridized carbons (Fsp3) is 0.308. The van der Waals surface area contributed by atoms with Gasteiger partial charge in [0, 0.05) is 33.7 Å². The van der Waals surface area contributed by atoms with Crippen LogP contribution in [0.2, 0.25) is 0 Å². The molecule has 0 amide bonds. The molecule has 0 spiro atoms. The van der Waals surface area contributed by atoms with Crippen molar-refractivity contribution < 1.29 is 4.74 Å². The van der Waals surface area contributed by atoms with Crippen LogP contribution >= 0.6 is 27.3 Å². The first-order valence-corrected chi connectivity index (χ1v) is 7.33. The molecule has 1 unspecified atom stereocenters. The molecular formula is C13H15BrN2OS. The molecule has 0 aliphatic rings. The summed E-state index contributed by atoms with van der Waals surface area (Å²) < 4.78 is 6.39. The quantitative estimate of drug-likeness (QED) is 0.908. The summed E-state index contributed by atoms with van der Waals surface area (Å²) in [5.41, 5.74) is 1.07. The van der Waals surface area contributed by atoms with Gasteiger partial charge in [-0.3, -0.25) is 0 Å². The number of halogens is 1. The Balaban J connectivity index is 2.01. The van der Waals surface area contributed by atoms with Crippen LogP contribution in [0.4, 0.5) is 0 Å². The summed E-state index contributed by atoms with van der Waals surface area (Å²) in [6, 6.07) is 6.31. The van der Waals surface area contributed by atoms with Gasteiger partial charge in [-0.1, -0.05) is 6.07 Å². The minimum Gasteiger partial charge on any atom is -0.481 e. The molecule has 0 aromatic carbocycles. The topological polar surface area (TPSA) is 34.1 Å². The highest BCUT2D eigenvalue weighted by Gasteiger charge is 2.11. The monoisotopic (exact) mass is 326 g/mol. The molecule has 1 atom stereocenters. The third-order valence-electron chi connectivity index (χ3n) is 2.68. The third kappa shape index (κ3) is 3.10. The summed E-state index contributed by atoms with van der Waals surface area (Å²) >= 11 is 5.30. The maximum absolute atomic E-state index is 5.23. The molecule has 2 rings (SSSR count). The van der Waals surface area contributed by atoms with Crippen LogP contribution < -0.4 is 10.1 Å². The van der Waals surface area contributed by atoms with Gasteiger partial charge in [0.1, 0.15) is 0 Å². The lowest BCUT2D eigenvalue weighted by Crippen LogP contribution is -2.18. The van der Waals surface area contributed by atoms with Crippen molar-refractivity contribution in [3.63, 3.8) is 0 Å². The van der Waals surface area contributed by atoms with Gasteiger partial charge in [-0.25, -0.2) is 4.98 Å². The molecule has 1 N–H and O–H groups in total. The zero-order valence-electron chi connectivity index (χ0n) is 10.3. The molecule has 0 aliphatic carbocycles. The summed E-state index contributed by atoms with van der Waals surface area (Å²) in [6.07, 6.45) is 1.74. The molecule has 2 heterocycles. The molecular weight excluding hydrogens is 312 g/mol. The Morgan fingerprint density at radius 3 is 3.00 bits per heavy atom. The Kier molecular flexibility index (Phi) is 4.74. The number of hydrogen-bond acceptors (Lipinski definition) is 4. The minimum absolute atomic E-state index is 0.296. The molecule has 0 radical (unpaired) electrons. The number of aromatic nitrogens is 1. The van der Waals surface area contributed by atoms with Gasteiger partial charge in [0.15, 0.2) is 0 Å². The summed E-state index contributed by atoms with van der Waals surface area (Å²) in [7, 11) is 1.64. The van der Waals surface area contributed by atoms with Gasteiger partial charge in [0.25, 0.3) is 0 Å². The molecule has 0 aliphatic heterocycles. The number of methoxy groups -OCH3 is 1. The third-order valence-corrected chi connectivity index (χ3v) is 4.73. The molecule has 3 nitrogen and oxygen atoms in total. The maximum atomic E-state index is 5.23. The second kappa shape index (κ2) is 6.31. The van der Waals surface area contributed by atoms with Crippen molar-refractivity contribution in [2.24, 2.45) is 0 Å². The Morgan fingerprint density at radius 1 is 1.50 bits per heavy atom. The number of thiophene rings is 1. The lowest BCUT2D eigenvalue weighted by molar-refractivity contribution is 0.389. The van der Waals surface area contributed by atoms with Gasteiger partial charge in [-0.2, -0.15) is 0 Å². The Labute approximate surface area is 119 Å². The van der Waals surface area contributed by atoms with Crippen LogP contribution in [0.25, 0.3) is 0 Å². The predicted octanol–water partition coefficient (Wildman–Crippen LogP) is 3.77. The van der Waals surface area contributed by atoms with Crippen molar-refractivity contribution in [2.75, 3.05) is 7.11 Å². The van der Waals surface area contributed by atoms with Gasteiger partial charge < -0.3 is 10.1 Å². The highest BCUT2D eigenvalue weighted by Crippen LogP contribution is 2.29. The largest absolute Gasteiger partial charge is 0.481 e. The molecule has 2 aromatic heterocycles. The highest BCUT2D eigenvalue weighted by molar-refractivity contribution is 9.10. The van der Waals surface area contributed by atoms with E-state index in [1.807, 2.05) is 12.1 Å². The van der Waals surface area contributed by atoms with Crippen LogP contribution in [0.3, 0.4) is 0 Å². The lowest BCUT2D eigenvalue weighted by atomic mass is 10.2. The van der Waals surface area contributed by atoms with Crippen LogP contribution in [-0.4, -0.2) is 12.1 Å². The standard InChI is InChI=1S/C13H15BrN2OS/c1-9(12-11(14)5-7-18-12)16-8-10-4-3-6-15-13(10)17-2/h3-7,9,16H,8H2,1-2H3. The van der Waals surface area contributed by atoms with E-state index < -0.39 is 0 Å². The average Bonchev–Trinajstić information content (AvgIpc) is 2.82. The van der Waals surface area contributed by atoms with Gasteiger partial charge in [0.2, 0.25) is 5.88 Å². The second-order valence-corrected chi connectivity index (χ2v) is 5.71. The van der Waals surface area contributed by atoms with E-state index in [1.54, 1.807) is 24.6 Å². The van der Waals surface area contributed by atoms with Crippen molar-refractivity contribution >= 4 is 27.3 Å². The fourth-order valence-corrected chi connectivity index (χ4v) is 3.46. The SMILES string of the molecule is COc1ncccc1CNC(C)c1sccc1Br. The first-order chi connectivity index (χ1) is 8.72. The van der Waals surface area contributed by atoms with Crippen molar-refractivity contribution in [3.8, 4) is 5.88 Å². The smallest absolute Gasteiger partial charge is 0.217 e. The zero-order valence-corrected chi connectivity index (χ0v) is 12.7. The fourth-order valence-electron chi connectivity index (χ4n) is 1.71. The Bertz CT molecular complexity index is 515. The zero-order chi connectivity index (χ0) is 13.0. The first kappa shape index (κ1) is 13.5. The van der Waals surface area contributed by atoms with E-state index in [1.165, 1.54) is 4.88 Å². The van der Waals surface area contributed by atoms with Gasteiger partial charge in [-0.15, -0.1) is 11.3 Å². The second-order valence-electron chi connectivity index (χ2n) is 3.91. The van der Waals surface area contributed by atoms with Crippen LogP contribution in [0.5, 0.6) is 5.88 Å². The van der Waals surface area contributed by atoms with Gasteiger partial charge in [-0.05, 0) is 40.4 Å².